The lowest BCUT2D eigenvalue weighted by Gasteiger charge is -2.33. The van der Waals surface area contributed by atoms with Gasteiger partial charge in [-0.3, -0.25) is 14.4 Å². The van der Waals surface area contributed by atoms with E-state index in [4.69, 9.17) is 4.74 Å². The normalized spacial score (nSPS) is 12.8. The summed E-state index contributed by atoms with van der Waals surface area (Å²) in [5.41, 5.74) is -0.283. The Labute approximate surface area is 181 Å². The molecule has 0 fully saturated rings. The number of nitrogens with one attached hydrogen (secondary N) is 2. The maximum atomic E-state index is 13.1. The Morgan fingerprint density at radius 1 is 1.13 bits per heavy atom. The van der Waals surface area contributed by atoms with Gasteiger partial charge in [-0.1, -0.05) is 30.3 Å². The summed E-state index contributed by atoms with van der Waals surface area (Å²) in [6.07, 6.45) is -0.788. The molecule has 10 heteroatoms. The fourth-order valence-corrected chi connectivity index (χ4v) is 2.71. The van der Waals surface area contributed by atoms with Gasteiger partial charge in [0, 0.05) is 6.54 Å². The molecule has 2 atom stereocenters. The summed E-state index contributed by atoms with van der Waals surface area (Å²) in [6, 6.07) is 6.24. The van der Waals surface area contributed by atoms with E-state index in [0.717, 1.165) is 4.90 Å². The lowest BCUT2D eigenvalue weighted by Crippen LogP contribution is -2.53. The van der Waals surface area contributed by atoms with E-state index in [1.54, 1.807) is 51.1 Å². The van der Waals surface area contributed by atoms with Gasteiger partial charge >= 0.3 is 12.1 Å². The summed E-state index contributed by atoms with van der Waals surface area (Å²) in [5.74, 6) is -1.90. The maximum absolute atomic E-state index is 13.1. The standard InChI is InChI=1S/C21H31N3O7/c1-14(23-20(29)31-21(2,3)4)19(28)24(11-12-25)17(15-9-7-6-8-10-15)18(27)22-13-16(26)30-5/h6-10,14,17,25H,11-13H2,1-5H3,(H,22,27)(H,23,29). The molecule has 0 aliphatic heterocycles. The van der Waals surface area contributed by atoms with Gasteiger partial charge in [-0.05, 0) is 33.3 Å². The van der Waals surface area contributed by atoms with Gasteiger partial charge in [0.2, 0.25) is 11.8 Å². The average molecular weight is 437 g/mol. The van der Waals surface area contributed by atoms with Crippen molar-refractivity contribution in [2.45, 2.75) is 45.4 Å². The summed E-state index contributed by atoms with van der Waals surface area (Å²) < 4.78 is 9.69. The van der Waals surface area contributed by atoms with Crippen molar-refractivity contribution in [1.82, 2.24) is 15.5 Å². The molecular formula is C21H31N3O7. The van der Waals surface area contributed by atoms with Gasteiger partial charge in [-0.25, -0.2) is 4.79 Å². The molecule has 1 aromatic carbocycles. The van der Waals surface area contributed by atoms with Crippen molar-refractivity contribution in [3.05, 3.63) is 35.9 Å². The molecule has 10 nitrogen and oxygen atoms in total. The number of ether oxygens (including phenoxy) is 2. The van der Waals surface area contributed by atoms with Crippen LogP contribution < -0.4 is 10.6 Å². The van der Waals surface area contributed by atoms with Crippen LogP contribution in [-0.2, 0) is 23.9 Å². The van der Waals surface area contributed by atoms with Gasteiger partial charge in [0.25, 0.3) is 0 Å². The highest BCUT2D eigenvalue weighted by molar-refractivity contribution is 5.93. The molecule has 172 valence electrons. The van der Waals surface area contributed by atoms with E-state index in [1.165, 1.54) is 14.0 Å². The number of nitrogens with zero attached hydrogens (tertiary/aromatic N) is 1. The van der Waals surface area contributed by atoms with Crippen molar-refractivity contribution in [3.8, 4) is 0 Å². The highest BCUT2D eigenvalue weighted by Crippen LogP contribution is 2.22. The van der Waals surface area contributed by atoms with Crippen molar-refractivity contribution in [3.63, 3.8) is 0 Å². The first-order valence-electron chi connectivity index (χ1n) is 9.80. The minimum absolute atomic E-state index is 0.176. The predicted octanol–water partition coefficient (Wildman–Crippen LogP) is 0.751. The summed E-state index contributed by atoms with van der Waals surface area (Å²) in [7, 11) is 1.19. The van der Waals surface area contributed by atoms with E-state index in [2.05, 4.69) is 15.4 Å². The predicted molar refractivity (Wildman–Crippen MR) is 112 cm³/mol. The fourth-order valence-electron chi connectivity index (χ4n) is 2.71. The first-order chi connectivity index (χ1) is 14.5. The zero-order valence-electron chi connectivity index (χ0n) is 18.5. The molecule has 0 aliphatic rings. The molecule has 0 aromatic heterocycles. The first kappa shape index (κ1) is 25.9. The second-order valence-corrected chi connectivity index (χ2v) is 7.73. The zero-order valence-corrected chi connectivity index (χ0v) is 18.5. The number of hydrogen-bond donors (Lipinski definition) is 3. The zero-order chi connectivity index (χ0) is 23.6. The molecule has 0 bridgehead atoms. The largest absolute Gasteiger partial charge is 0.468 e. The smallest absolute Gasteiger partial charge is 0.408 e. The molecule has 0 aliphatic carbocycles. The third-order valence-electron chi connectivity index (χ3n) is 4.04. The summed E-state index contributed by atoms with van der Waals surface area (Å²) in [4.78, 5) is 50.7. The molecule has 0 saturated heterocycles. The maximum Gasteiger partial charge on any atom is 0.408 e. The molecule has 1 aromatic rings. The van der Waals surface area contributed by atoms with Crippen LogP contribution in [0.1, 0.15) is 39.3 Å². The van der Waals surface area contributed by atoms with E-state index in [-0.39, 0.29) is 13.1 Å². The topological polar surface area (TPSA) is 134 Å². The molecule has 0 saturated carbocycles. The SMILES string of the molecule is COC(=O)CNC(=O)C(c1ccccc1)N(CCO)C(=O)C(C)NC(=O)OC(C)(C)C. The van der Waals surface area contributed by atoms with E-state index < -0.39 is 48.2 Å². The highest BCUT2D eigenvalue weighted by atomic mass is 16.6. The fraction of sp³-hybridized carbons (Fsp3) is 0.524. The number of carbonyl (C=O) groups is 4. The van der Waals surface area contributed by atoms with Gasteiger partial charge in [-0.15, -0.1) is 0 Å². The molecule has 0 radical (unpaired) electrons. The Bertz CT molecular complexity index is 762. The lowest BCUT2D eigenvalue weighted by molar-refractivity contribution is -0.145. The third kappa shape index (κ3) is 8.63. The van der Waals surface area contributed by atoms with E-state index in [1.807, 2.05) is 0 Å². The van der Waals surface area contributed by atoms with Gasteiger partial charge < -0.3 is 30.1 Å². The van der Waals surface area contributed by atoms with E-state index >= 15 is 0 Å². The Balaban J connectivity index is 3.14. The molecule has 1 rings (SSSR count). The van der Waals surface area contributed by atoms with Crippen LogP contribution in [0, 0.1) is 0 Å². The number of benzene rings is 1. The number of methoxy groups -OCH3 is 1. The molecule has 0 spiro atoms. The molecule has 3 amide bonds. The Morgan fingerprint density at radius 2 is 1.74 bits per heavy atom. The highest BCUT2D eigenvalue weighted by Gasteiger charge is 2.34. The van der Waals surface area contributed by atoms with E-state index in [9.17, 15) is 24.3 Å². The molecule has 0 heterocycles. The number of esters is 1. The average Bonchev–Trinajstić information content (AvgIpc) is 2.70. The first-order valence-corrected chi connectivity index (χ1v) is 9.80. The minimum atomic E-state index is -1.15. The Kier molecular flexibility index (Phi) is 9.94. The minimum Gasteiger partial charge on any atom is -0.468 e. The Hall–Kier alpha value is -3.14. The van der Waals surface area contributed by atoms with Crippen LogP contribution in [0.2, 0.25) is 0 Å². The monoisotopic (exact) mass is 437 g/mol. The summed E-state index contributed by atoms with van der Waals surface area (Å²) >= 11 is 0. The Morgan fingerprint density at radius 3 is 2.26 bits per heavy atom. The third-order valence-corrected chi connectivity index (χ3v) is 4.04. The number of alkyl carbamates (subject to hydrolysis) is 1. The number of hydrogen-bond acceptors (Lipinski definition) is 7. The van der Waals surface area contributed by atoms with Crippen LogP contribution in [0.4, 0.5) is 4.79 Å². The van der Waals surface area contributed by atoms with Crippen molar-refractivity contribution in [2.24, 2.45) is 0 Å². The van der Waals surface area contributed by atoms with Crippen LogP contribution in [0.3, 0.4) is 0 Å². The van der Waals surface area contributed by atoms with Crippen LogP contribution >= 0.6 is 0 Å². The van der Waals surface area contributed by atoms with Crippen molar-refractivity contribution >= 4 is 23.9 Å². The molecular weight excluding hydrogens is 406 g/mol. The van der Waals surface area contributed by atoms with Crippen LogP contribution in [0.25, 0.3) is 0 Å². The van der Waals surface area contributed by atoms with Crippen molar-refractivity contribution < 1.29 is 33.8 Å². The van der Waals surface area contributed by atoms with E-state index in [0.29, 0.717) is 5.56 Å². The van der Waals surface area contributed by atoms with Gasteiger partial charge in [0.15, 0.2) is 0 Å². The number of aliphatic hydroxyl groups is 1. The van der Waals surface area contributed by atoms with Crippen LogP contribution in [-0.4, -0.2) is 72.3 Å². The van der Waals surface area contributed by atoms with Crippen molar-refractivity contribution in [1.29, 1.82) is 0 Å². The molecule has 2 unspecified atom stereocenters. The van der Waals surface area contributed by atoms with Crippen LogP contribution in [0.15, 0.2) is 30.3 Å². The number of aliphatic hydroxyl groups excluding tert-OH is 1. The second-order valence-electron chi connectivity index (χ2n) is 7.73. The lowest BCUT2D eigenvalue weighted by atomic mass is 10.0. The van der Waals surface area contributed by atoms with Gasteiger partial charge in [0.1, 0.15) is 24.2 Å². The quantitative estimate of drug-likeness (QED) is 0.485. The van der Waals surface area contributed by atoms with Gasteiger partial charge in [-0.2, -0.15) is 0 Å². The summed E-state index contributed by atoms with van der Waals surface area (Å²) in [5, 5.41) is 14.4. The number of amides is 3. The van der Waals surface area contributed by atoms with Crippen LogP contribution in [0.5, 0.6) is 0 Å². The number of carbonyl (C=O) groups excluding carboxylic acids is 4. The van der Waals surface area contributed by atoms with Crippen molar-refractivity contribution in [2.75, 3.05) is 26.8 Å². The second kappa shape index (κ2) is 11.9. The summed E-state index contributed by atoms with van der Waals surface area (Å²) in [6.45, 7) is 5.54. The molecule has 31 heavy (non-hydrogen) atoms. The number of rotatable bonds is 9. The van der Waals surface area contributed by atoms with Gasteiger partial charge in [0.05, 0.1) is 13.7 Å². The molecule has 3 N–H and O–H groups in total.